The van der Waals surface area contributed by atoms with Crippen LogP contribution in [0.3, 0.4) is 0 Å². The molecule has 0 aromatic heterocycles. The molecule has 0 aliphatic rings. The van der Waals surface area contributed by atoms with Crippen LogP contribution in [-0.2, 0) is 20.8 Å². The van der Waals surface area contributed by atoms with E-state index in [2.05, 4.69) is 10.6 Å². The minimum atomic E-state index is -0.660. The smallest absolute Gasteiger partial charge is 0.223 e. The number of aldehydes is 1. The molecular weight excluding hydrogens is 284 g/mol. The summed E-state index contributed by atoms with van der Waals surface area (Å²) in [6, 6.07) is 5.98. The molecule has 0 fully saturated rings. The molecule has 2 unspecified atom stereocenters. The first-order chi connectivity index (χ1) is 10.5. The van der Waals surface area contributed by atoms with Gasteiger partial charge in [0.15, 0.2) is 0 Å². The van der Waals surface area contributed by atoms with Crippen molar-refractivity contribution in [2.75, 3.05) is 7.05 Å². The van der Waals surface area contributed by atoms with Crippen molar-refractivity contribution in [2.45, 2.75) is 32.2 Å². The first-order valence-electron chi connectivity index (χ1n) is 7.20. The molecule has 0 bridgehead atoms. The number of aromatic hydroxyl groups is 1. The second-order valence-electron chi connectivity index (χ2n) is 5.23. The van der Waals surface area contributed by atoms with Crippen LogP contribution in [0.1, 0.15) is 25.3 Å². The maximum absolute atomic E-state index is 12.1. The SMILES string of the molecule is CNC(=O)CCC(C=O)NC(=O)C(C)Cc1ccc(O)cc1. The quantitative estimate of drug-likeness (QED) is 0.619. The number of nitrogens with one attached hydrogen (secondary N) is 2. The third-order valence-corrected chi connectivity index (χ3v) is 3.38. The molecule has 120 valence electrons. The first kappa shape index (κ1) is 17.7. The van der Waals surface area contributed by atoms with Gasteiger partial charge < -0.3 is 20.5 Å². The lowest BCUT2D eigenvalue weighted by Gasteiger charge is -2.16. The number of amides is 2. The predicted molar refractivity (Wildman–Crippen MR) is 82.3 cm³/mol. The summed E-state index contributed by atoms with van der Waals surface area (Å²) in [5, 5.41) is 14.3. The molecule has 0 saturated carbocycles. The average molecular weight is 306 g/mol. The van der Waals surface area contributed by atoms with Crippen LogP contribution in [0.5, 0.6) is 5.75 Å². The van der Waals surface area contributed by atoms with E-state index in [1.807, 2.05) is 0 Å². The van der Waals surface area contributed by atoms with Crippen LogP contribution in [0.4, 0.5) is 0 Å². The van der Waals surface area contributed by atoms with E-state index in [1.54, 1.807) is 31.2 Å². The van der Waals surface area contributed by atoms with E-state index in [-0.39, 0.29) is 36.3 Å². The molecule has 1 aromatic rings. The Morgan fingerprint density at radius 1 is 1.27 bits per heavy atom. The molecule has 0 radical (unpaired) electrons. The monoisotopic (exact) mass is 306 g/mol. The highest BCUT2D eigenvalue weighted by atomic mass is 16.3. The Bertz CT molecular complexity index is 513. The highest BCUT2D eigenvalue weighted by Crippen LogP contribution is 2.14. The number of carbonyl (C=O) groups is 3. The molecule has 2 amide bonds. The van der Waals surface area contributed by atoms with Crippen LogP contribution in [0.15, 0.2) is 24.3 Å². The average Bonchev–Trinajstić information content (AvgIpc) is 2.52. The number of phenolic OH excluding ortho intramolecular Hbond substituents is 1. The van der Waals surface area contributed by atoms with Gasteiger partial charge in [-0.05, 0) is 30.5 Å². The fraction of sp³-hybridized carbons (Fsp3) is 0.438. The number of benzene rings is 1. The van der Waals surface area contributed by atoms with Gasteiger partial charge >= 0.3 is 0 Å². The van der Waals surface area contributed by atoms with E-state index in [9.17, 15) is 19.5 Å². The van der Waals surface area contributed by atoms with Crippen molar-refractivity contribution < 1.29 is 19.5 Å². The van der Waals surface area contributed by atoms with Gasteiger partial charge in [-0.15, -0.1) is 0 Å². The lowest BCUT2D eigenvalue weighted by molar-refractivity contribution is -0.127. The van der Waals surface area contributed by atoms with Crippen LogP contribution in [0.2, 0.25) is 0 Å². The fourth-order valence-electron chi connectivity index (χ4n) is 1.99. The van der Waals surface area contributed by atoms with Gasteiger partial charge in [0.2, 0.25) is 11.8 Å². The van der Waals surface area contributed by atoms with Gasteiger partial charge in [0.05, 0.1) is 6.04 Å². The Kier molecular flexibility index (Phi) is 7.08. The summed E-state index contributed by atoms with van der Waals surface area (Å²) in [4.78, 5) is 34.2. The lowest BCUT2D eigenvalue weighted by Crippen LogP contribution is -2.40. The van der Waals surface area contributed by atoms with Crippen molar-refractivity contribution in [1.29, 1.82) is 0 Å². The summed E-state index contributed by atoms with van der Waals surface area (Å²) >= 11 is 0. The van der Waals surface area contributed by atoms with E-state index < -0.39 is 6.04 Å². The molecule has 0 aliphatic carbocycles. The van der Waals surface area contributed by atoms with E-state index in [1.165, 1.54) is 7.05 Å². The minimum Gasteiger partial charge on any atom is -0.508 e. The van der Waals surface area contributed by atoms with Gasteiger partial charge in [-0.2, -0.15) is 0 Å². The highest BCUT2D eigenvalue weighted by Gasteiger charge is 2.18. The summed E-state index contributed by atoms with van der Waals surface area (Å²) in [6.07, 6.45) is 1.62. The summed E-state index contributed by atoms with van der Waals surface area (Å²) in [5.74, 6) is -0.539. The summed E-state index contributed by atoms with van der Waals surface area (Å²) in [5.41, 5.74) is 0.925. The molecular formula is C16H22N2O4. The molecule has 0 saturated heterocycles. The Morgan fingerprint density at radius 2 is 1.91 bits per heavy atom. The van der Waals surface area contributed by atoms with Crippen LogP contribution < -0.4 is 10.6 Å². The van der Waals surface area contributed by atoms with Crippen molar-refractivity contribution in [3.8, 4) is 5.75 Å². The second-order valence-corrected chi connectivity index (χ2v) is 5.23. The standard InChI is InChI=1S/C16H22N2O4/c1-11(9-12-3-6-14(20)7-4-12)16(22)18-13(10-19)5-8-15(21)17-2/h3-4,6-7,10-11,13,20H,5,8-9H2,1-2H3,(H,17,21)(H,18,22). The van der Waals surface area contributed by atoms with Gasteiger partial charge in [-0.3, -0.25) is 9.59 Å². The summed E-state index contributed by atoms with van der Waals surface area (Å²) < 4.78 is 0. The topological polar surface area (TPSA) is 95.5 Å². The molecule has 1 rings (SSSR count). The van der Waals surface area contributed by atoms with Crippen molar-refractivity contribution in [3.63, 3.8) is 0 Å². The zero-order chi connectivity index (χ0) is 16.5. The van der Waals surface area contributed by atoms with Crippen LogP contribution in [-0.4, -0.2) is 36.3 Å². The maximum Gasteiger partial charge on any atom is 0.223 e. The molecule has 22 heavy (non-hydrogen) atoms. The van der Waals surface area contributed by atoms with Crippen molar-refractivity contribution in [1.82, 2.24) is 10.6 Å². The van der Waals surface area contributed by atoms with E-state index in [4.69, 9.17) is 0 Å². The molecule has 0 spiro atoms. The van der Waals surface area contributed by atoms with E-state index in [0.29, 0.717) is 12.7 Å². The van der Waals surface area contributed by atoms with Gasteiger partial charge in [0.1, 0.15) is 12.0 Å². The van der Waals surface area contributed by atoms with Gasteiger partial charge in [-0.1, -0.05) is 19.1 Å². The fourth-order valence-corrected chi connectivity index (χ4v) is 1.99. The Hall–Kier alpha value is -2.37. The number of rotatable bonds is 8. The third-order valence-electron chi connectivity index (χ3n) is 3.38. The summed E-state index contributed by atoms with van der Waals surface area (Å²) in [6.45, 7) is 1.77. The van der Waals surface area contributed by atoms with Gasteiger partial charge in [-0.25, -0.2) is 0 Å². The molecule has 6 heteroatoms. The van der Waals surface area contributed by atoms with E-state index >= 15 is 0 Å². The van der Waals surface area contributed by atoms with Crippen LogP contribution in [0, 0.1) is 5.92 Å². The molecule has 1 aromatic carbocycles. The highest BCUT2D eigenvalue weighted by molar-refractivity contribution is 5.82. The molecule has 2 atom stereocenters. The molecule has 0 heterocycles. The van der Waals surface area contributed by atoms with Crippen LogP contribution in [0.25, 0.3) is 0 Å². The van der Waals surface area contributed by atoms with Crippen LogP contribution >= 0.6 is 0 Å². The van der Waals surface area contributed by atoms with Crippen molar-refractivity contribution >= 4 is 18.1 Å². The predicted octanol–water partition coefficient (Wildman–Crippen LogP) is 0.781. The number of phenols is 1. The first-order valence-corrected chi connectivity index (χ1v) is 7.20. The number of carbonyl (C=O) groups excluding carboxylic acids is 3. The Morgan fingerprint density at radius 3 is 2.45 bits per heavy atom. The maximum atomic E-state index is 12.1. The summed E-state index contributed by atoms with van der Waals surface area (Å²) in [7, 11) is 1.52. The molecule has 0 aliphatic heterocycles. The Labute approximate surface area is 129 Å². The Balaban J connectivity index is 2.49. The molecule has 6 nitrogen and oxygen atoms in total. The van der Waals surface area contributed by atoms with Crippen molar-refractivity contribution in [3.05, 3.63) is 29.8 Å². The van der Waals surface area contributed by atoms with Gasteiger partial charge in [0, 0.05) is 19.4 Å². The van der Waals surface area contributed by atoms with E-state index in [0.717, 1.165) is 5.56 Å². The number of hydrogen-bond acceptors (Lipinski definition) is 4. The minimum absolute atomic E-state index is 0.168. The normalized spacial score (nSPS) is 13.0. The lowest BCUT2D eigenvalue weighted by atomic mass is 9.99. The zero-order valence-corrected chi connectivity index (χ0v) is 12.8. The largest absolute Gasteiger partial charge is 0.508 e. The molecule has 3 N–H and O–H groups in total. The van der Waals surface area contributed by atoms with Gasteiger partial charge in [0.25, 0.3) is 0 Å². The number of hydrogen-bond donors (Lipinski definition) is 3. The zero-order valence-electron chi connectivity index (χ0n) is 12.8. The second kappa shape index (κ2) is 8.81. The third kappa shape index (κ3) is 5.95. The van der Waals surface area contributed by atoms with Crippen molar-refractivity contribution in [2.24, 2.45) is 5.92 Å².